The Labute approximate surface area is 61.8 Å². The Morgan fingerprint density at radius 3 is 2.90 bits per heavy atom. The zero-order valence-corrected chi connectivity index (χ0v) is 6.34. The minimum absolute atomic E-state index is 0.318. The monoisotopic (exact) mass is 141 g/mol. The summed E-state index contributed by atoms with van der Waals surface area (Å²) >= 11 is 0. The molecule has 0 amide bonds. The van der Waals surface area contributed by atoms with Gasteiger partial charge in [0.25, 0.3) is 0 Å². The summed E-state index contributed by atoms with van der Waals surface area (Å²) in [6, 6.07) is 0. The SMILES string of the molecule is OC[C@@]12CCCN(CC1)C2. The Bertz CT molecular complexity index is 133. The standard InChI is InChI=1S/C8H15NO/c10-7-8-2-1-4-9(6-8)5-3-8/h10H,1-7H2/t8-/m0/s1. The van der Waals surface area contributed by atoms with Crippen LogP contribution in [0, 0.1) is 5.41 Å². The first-order valence-corrected chi connectivity index (χ1v) is 4.18. The number of fused-ring (bicyclic) bond motifs is 2. The van der Waals surface area contributed by atoms with Crippen LogP contribution in [0.15, 0.2) is 0 Å². The average molecular weight is 141 g/mol. The number of hydrogen-bond donors (Lipinski definition) is 1. The lowest BCUT2D eigenvalue weighted by Gasteiger charge is -2.31. The number of piperidine rings is 1. The van der Waals surface area contributed by atoms with E-state index in [1.807, 2.05) is 0 Å². The number of rotatable bonds is 1. The van der Waals surface area contributed by atoms with Gasteiger partial charge in [0.05, 0.1) is 0 Å². The minimum atomic E-state index is 0.318. The highest BCUT2D eigenvalue weighted by Crippen LogP contribution is 2.38. The third kappa shape index (κ3) is 0.867. The van der Waals surface area contributed by atoms with Gasteiger partial charge in [-0.25, -0.2) is 0 Å². The van der Waals surface area contributed by atoms with E-state index in [0.717, 1.165) is 6.54 Å². The average Bonchev–Trinajstić information content (AvgIpc) is 2.29. The molecule has 2 fully saturated rings. The molecule has 0 aliphatic carbocycles. The minimum Gasteiger partial charge on any atom is -0.396 e. The molecule has 2 aliphatic heterocycles. The highest BCUT2D eigenvalue weighted by molar-refractivity contribution is 4.92. The third-order valence-corrected chi connectivity index (χ3v) is 3.03. The molecule has 2 atom stereocenters. The van der Waals surface area contributed by atoms with Crippen molar-refractivity contribution in [1.82, 2.24) is 4.90 Å². The van der Waals surface area contributed by atoms with Crippen LogP contribution in [0.5, 0.6) is 0 Å². The maximum Gasteiger partial charge on any atom is 0.0500 e. The van der Waals surface area contributed by atoms with Crippen LogP contribution in [0.25, 0.3) is 0 Å². The molecule has 1 unspecified atom stereocenters. The molecule has 0 saturated carbocycles. The zero-order valence-electron chi connectivity index (χ0n) is 6.34. The Morgan fingerprint density at radius 1 is 1.30 bits per heavy atom. The predicted octanol–water partition coefficient (Wildman–Crippen LogP) is 0.465. The lowest BCUT2D eigenvalue weighted by atomic mass is 9.82. The second kappa shape index (κ2) is 2.21. The van der Waals surface area contributed by atoms with Gasteiger partial charge >= 0.3 is 0 Å². The van der Waals surface area contributed by atoms with Crippen molar-refractivity contribution >= 4 is 0 Å². The van der Waals surface area contributed by atoms with Crippen molar-refractivity contribution in [3.8, 4) is 0 Å². The summed E-state index contributed by atoms with van der Waals surface area (Å²) in [4.78, 5) is 2.47. The van der Waals surface area contributed by atoms with Crippen LogP contribution in [-0.4, -0.2) is 36.2 Å². The molecule has 2 nitrogen and oxygen atoms in total. The molecule has 0 aromatic heterocycles. The highest BCUT2D eigenvalue weighted by atomic mass is 16.3. The van der Waals surface area contributed by atoms with E-state index >= 15 is 0 Å². The normalized spacial score (nSPS) is 45.9. The summed E-state index contributed by atoms with van der Waals surface area (Å²) in [6.07, 6.45) is 3.77. The van der Waals surface area contributed by atoms with Gasteiger partial charge in [0.2, 0.25) is 0 Å². The van der Waals surface area contributed by atoms with Gasteiger partial charge in [-0.15, -0.1) is 0 Å². The van der Waals surface area contributed by atoms with Gasteiger partial charge in [-0.05, 0) is 32.4 Å². The highest BCUT2D eigenvalue weighted by Gasteiger charge is 2.39. The Kier molecular flexibility index (Phi) is 1.46. The quantitative estimate of drug-likeness (QED) is 0.573. The van der Waals surface area contributed by atoms with Crippen LogP contribution in [0.1, 0.15) is 19.3 Å². The summed E-state index contributed by atoms with van der Waals surface area (Å²) in [7, 11) is 0. The number of nitrogens with zero attached hydrogens (tertiary/aromatic N) is 1. The van der Waals surface area contributed by atoms with Gasteiger partial charge in [-0.3, -0.25) is 0 Å². The van der Waals surface area contributed by atoms with E-state index in [9.17, 15) is 0 Å². The van der Waals surface area contributed by atoms with Crippen LogP contribution in [0.2, 0.25) is 0 Å². The molecular weight excluding hydrogens is 126 g/mol. The molecular formula is C8H15NO. The van der Waals surface area contributed by atoms with E-state index in [1.54, 1.807) is 0 Å². The van der Waals surface area contributed by atoms with Gasteiger partial charge in [0.1, 0.15) is 0 Å². The van der Waals surface area contributed by atoms with E-state index in [2.05, 4.69) is 4.90 Å². The molecule has 2 rings (SSSR count). The Hall–Kier alpha value is -0.0800. The van der Waals surface area contributed by atoms with Gasteiger partial charge < -0.3 is 10.0 Å². The van der Waals surface area contributed by atoms with E-state index in [1.165, 1.54) is 32.4 Å². The molecule has 10 heavy (non-hydrogen) atoms. The van der Waals surface area contributed by atoms with Crippen molar-refractivity contribution in [2.75, 3.05) is 26.2 Å². The molecule has 0 aromatic carbocycles. The fourth-order valence-corrected chi connectivity index (χ4v) is 2.31. The van der Waals surface area contributed by atoms with Crippen molar-refractivity contribution in [2.24, 2.45) is 5.41 Å². The van der Waals surface area contributed by atoms with Crippen molar-refractivity contribution < 1.29 is 5.11 Å². The summed E-state index contributed by atoms with van der Waals surface area (Å²) < 4.78 is 0. The topological polar surface area (TPSA) is 23.5 Å². The lowest BCUT2D eigenvalue weighted by Crippen LogP contribution is -2.35. The molecule has 1 N–H and O–H groups in total. The first kappa shape index (κ1) is 6.62. The molecule has 2 saturated heterocycles. The van der Waals surface area contributed by atoms with Crippen LogP contribution in [-0.2, 0) is 0 Å². The maximum absolute atomic E-state index is 9.14. The number of aliphatic hydroxyl groups excluding tert-OH is 1. The molecule has 58 valence electrons. The van der Waals surface area contributed by atoms with Gasteiger partial charge in [-0.2, -0.15) is 0 Å². The van der Waals surface area contributed by atoms with Crippen molar-refractivity contribution in [2.45, 2.75) is 19.3 Å². The van der Waals surface area contributed by atoms with Gasteiger partial charge in [0.15, 0.2) is 0 Å². The maximum atomic E-state index is 9.14. The van der Waals surface area contributed by atoms with Crippen LogP contribution in [0.3, 0.4) is 0 Å². The van der Waals surface area contributed by atoms with E-state index in [-0.39, 0.29) is 0 Å². The van der Waals surface area contributed by atoms with Crippen LogP contribution >= 0.6 is 0 Å². The summed E-state index contributed by atoms with van der Waals surface area (Å²) in [5, 5.41) is 9.14. The number of hydrogen-bond acceptors (Lipinski definition) is 2. The molecule has 0 radical (unpaired) electrons. The predicted molar refractivity (Wildman–Crippen MR) is 39.8 cm³/mol. The Balaban J connectivity index is 2.10. The van der Waals surface area contributed by atoms with Crippen molar-refractivity contribution in [1.29, 1.82) is 0 Å². The summed E-state index contributed by atoms with van der Waals surface area (Å²) in [5.41, 5.74) is 0.318. The smallest absolute Gasteiger partial charge is 0.0500 e. The lowest BCUT2D eigenvalue weighted by molar-refractivity contribution is 0.0935. The zero-order chi connectivity index (χ0) is 7.03. The first-order valence-electron chi connectivity index (χ1n) is 4.18. The molecule has 2 bridgehead atoms. The number of aliphatic hydroxyl groups is 1. The summed E-state index contributed by atoms with van der Waals surface area (Å²) in [5.74, 6) is 0. The van der Waals surface area contributed by atoms with E-state index in [0.29, 0.717) is 12.0 Å². The second-order valence-corrected chi connectivity index (χ2v) is 3.79. The van der Waals surface area contributed by atoms with Crippen molar-refractivity contribution in [3.63, 3.8) is 0 Å². The van der Waals surface area contributed by atoms with Gasteiger partial charge in [0, 0.05) is 18.6 Å². The van der Waals surface area contributed by atoms with Crippen LogP contribution < -0.4 is 0 Å². The van der Waals surface area contributed by atoms with Crippen LogP contribution in [0.4, 0.5) is 0 Å². The first-order chi connectivity index (χ1) is 4.85. The molecule has 0 aromatic rings. The second-order valence-electron chi connectivity index (χ2n) is 3.79. The van der Waals surface area contributed by atoms with E-state index in [4.69, 9.17) is 5.11 Å². The van der Waals surface area contributed by atoms with Gasteiger partial charge in [-0.1, -0.05) is 0 Å². The summed E-state index contributed by atoms with van der Waals surface area (Å²) in [6.45, 7) is 4.05. The van der Waals surface area contributed by atoms with Crippen molar-refractivity contribution in [3.05, 3.63) is 0 Å². The fraction of sp³-hybridized carbons (Fsp3) is 1.00. The van der Waals surface area contributed by atoms with E-state index < -0.39 is 0 Å². The molecule has 0 spiro atoms. The fourth-order valence-electron chi connectivity index (χ4n) is 2.31. The molecule has 2 heteroatoms. The largest absolute Gasteiger partial charge is 0.396 e. The third-order valence-electron chi connectivity index (χ3n) is 3.03. The molecule has 2 aliphatic rings. The Morgan fingerprint density at radius 2 is 2.20 bits per heavy atom. The molecule has 2 heterocycles.